The number of thioether (sulfide) groups is 1. The van der Waals surface area contributed by atoms with E-state index < -0.39 is 0 Å². The average molecular weight is 444 g/mol. The number of rotatable bonds is 7. The zero-order chi connectivity index (χ0) is 21.7. The van der Waals surface area contributed by atoms with Crippen LogP contribution in [0.5, 0.6) is 0 Å². The molecule has 2 aromatic rings. The number of hydrogen-bond donors (Lipinski definition) is 1. The first-order chi connectivity index (χ1) is 15.1. The van der Waals surface area contributed by atoms with Crippen LogP contribution in [0.15, 0.2) is 33.7 Å². The van der Waals surface area contributed by atoms with Gasteiger partial charge >= 0.3 is 0 Å². The Labute approximate surface area is 189 Å². The van der Waals surface area contributed by atoms with E-state index in [9.17, 15) is 4.79 Å². The Morgan fingerprint density at radius 3 is 2.61 bits per heavy atom. The number of nitrogens with one attached hydrogen (secondary N) is 1. The fourth-order valence-electron chi connectivity index (χ4n) is 4.83. The van der Waals surface area contributed by atoms with Crippen LogP contribution in [0.1, 0.15) is 59.5 Å². The Bertz CT molecular complexity index is 866. The first-order valence-electron chi connectivity index (χ1n) is 11.3. The molecule has 7 heteroatoms. The molecule has 0 radical (unpaired) electrons. The molecule has 0 bridgehead atoms. The van der Waals surface area contributed by atoms with Crippen LogP contribution in [0.3, 0.4) is 0 Å². The monoisotopic (exact) mass is 443 g/mol. The normalized spacial score (nSPS) is 19.3. The zero-order valence-corrected chi connectivity index (χ0v) is 19.4. The van der Waals surface area contributed by atoms with Crippen molar-refractivity contribution in [2.24, 2.45) is 0 Å². The number of carbonyl (C=O) groups excluding carboxylic acids is 1. The quantitative estimate of drug-likeness (QED) is 0.642. The first kappa shape index (κ1) is 22.4. The van der Waals surface area contributed by atoms with Crippen molar-refractivity contribution >= 4 is 17.7 Å². The van der Waals surface area contributed by atoms with Crippen LogP contribution in [0.2, 0.25) is 0 Å². The van der Waals surface area contributed by atoms with Gasteiger partial charge in [-0.3, -0.25) is 9.69 Å². The molecular weight excluding hydrogens is 410 g/mol. The van der Waals surface area contributed by atoms with E-state index >= 15 is 0 Å². The highest BCUT2D eigenvalue weighted by atomic mass is 32.2. The fourth-order valence-corrected chi connectivity index (χ4v) is 6.03. The summed E-state index contributed by atoms with van der Waals surface area (Å²) < 4.78 is 10.9. The summed E-state index contributed by atoms with van der Waals surface area (Å²) >= 11 is 1.66. The van der Waals surface area contributed by atoms with Gasteiger partial charge in [0.05, 0.1) is 24.5 Å². The number of carbonyl (C=O) groups is 1. The van der Waals surface area contributed by atoms with Gasteiger partial charge in [0.15, 0.2) is 0 Å². The molecule has 4 rings (SSSR count). The van der Waals surface area contributed by atoms with Gasteiger partial charge < -0.3 is 14.6 Å². The van der Waals surface area contributed by atoms with Crippen molar-refractivity contribution in [1.82, 2.24) is 15.4 Å². The van der Waals surface area contributed by atoms with Gasteiger partial charge in [-0.15, -0.1) is 11.8 Å². The van der Waals surface area contributed by atoms with Gasteiger partial charge in [0.1, 0.15) is 5.76 Å². The molecule has 168 valence electrons. The highest BCUT2D eigenvalue weighted by molar-refractivity contribution is 7.98. The van der Waals surface area contributed by atoms with Crippen molar-refractivity contribution < 1.29 is 14.1 Å². The molecule has 1 aromatic heterocycles. The maximum absolute atomic E-state index is 13.2. The van der Waals surface area contributed by atoms with E-state index in [4.69, 9.17) is 9.26 Å². The Balaban J connectivity index is 1.44. The summed E-state index contributed by atoms with van der Waals surface area (Å²) in [6.45, 7) is 8.09. The molecule has 1 N–H and O–H groups in total. The van der Waals surface area contributed by atoms with Gasteiger partial charge in [-0.05, 0) is 38.8 Å². The van der Waals surface area contributed by atoms with E-state index in [1.54, 1.807) is 11.8 Å². The predicted octanol–water partition coefficient (Wildman–Crippen LogP) is 4.35. The summed E-state index contributed by atoms with van der Waals surface area (Å²) in [6.07, 6.45) is 6.06. The van der Waals surface area contributed by atoms with Gasteiger partial charge in [0.2, 0.25) is 0 Å². The van der Waals surface area contributed by atoms with Crippen molar-refractivity contribution in [3.05, 3.63) is 46.8 Å². The Hall–Kier alpha value is -1.83. The molecule has 1 aliphatic heterocycles. The van der Waals surface area contributed by atoms with Crippen LogP contribution < -0.4 is 5.32 Å². The molecule has 1 aromatic carbocycles. The summed E-state index contributed by atoms with van der Waals surface area (Å²) in [4.78, 5) is 16.8. The molecule has 1 saturated heterocycles. The third-order valence-corrected chi connectivity index (χ3v) is 7.83. The highest BCUT2D eigenvalue weighted by Gasteiger charge is 2.39. The minimum absolute atomic E-state index is 0.0140. The number of amides is 1. The molecule has 0 unspecified atom stereocenters. The Kier molecular flexibility index (Phi) is 7.35. The van der Waals surface area contributed by atoms with Crippen molar-refractivity contribution in [1.29, 1.82) is 0 Å². The van der Waals surface area contributed by atoms with Gasteiger partial charge in [-0.25, -0.2) is 0 Å². The summed E-state index contributed by atoms with van der Waals surface area (Å²) in [5, 5.41) is 7.34. The molecule has 1 aliphatic carbocycles. The first-order valence-corrected chi connectivity index (χ1v) is 12.3. The molecular formula is C24H33N3O3S. The Morgan fingerprint density at radius 1 is 1.16 bits per heavy atom. The van der Waals surface area contributed by atoms with Crippen LogP contribution in [0.25, 0.3) is 0 Å². The smallest absolute Gasteiger partial charge is 0.252 e. The second kappa shape index (κ2) is 10.2. The minimum Gasteiger partial charge on any atom is -0.379 e. The average Bonchev–Trinajstić information content (AvgIpc) is 3.14. The standard InChI is InChI=1S/C24H33N3O3S/c1-18-21(19(2)30-26-18)16-31-22-9-5-4-8-20(22)23(28)25-17-24(10-6-3-7-11-24)27-12-14-29-15-13-27/h4-5,8-9H,3,6-7,10-17H2,1-2H3,(H,25,28). The summed E-state index contributed by atoms with van der Waals surface area (Å²) in [6, 6.07) is 7.87. The third kappa shape index (κ3) is 5.16. The van der Waals surface area contributed by atoms with Crippen molar-refractivity contribution in [2.75, 3.05) is 32.8 Å². The van der Waals surface area contributed by atoms with Crippen molar-refractivity contribution in [2.45, 2.75) is 62.1 Å². The van der Waals surface area contributed by atoms with Gasteiger partial charge in [-0.2, -0.15) is 0 Å². The lowest BCUT2D eigenvalue weighted by Gasteiger charge is -2.48. The minimum atomic E-state index is 0.0140. The number of hydrogen-bond acceptors (Lipinski definition) is 6. The molecule has 2 aliphatic rings. The van der Waals surface area contributed by atoms with E-state index in [1.807, 2.05) is 38.1 Å². The van der Waals surface area contributed by atoms with E-state index in [2.05, 4.69) is 15.4 Å². The fraction of sp³-hybridized carbons (Fsp3) is 0.583. The lowest BCUT2D eigenvalue weighted by Crippen LogP contribution is -2.59. The van der Waals surface area contributed by atoms with E-state index in [0.29, 0.717) is 6.54 Å². The van der Waals surface area contributed by atoms with E-state index in [0.717, 1.165) is 72.4 Å². The van der Waals surface area contributed by atoms with Crippen LogP contribution in [-0.4, -0.2) is 54.4 Å². The molecule has 2 fully saturated rings. The van der Waals surface area contributed by atoms with Gasteiger partial charge in [-0.1, -0.05) is 36.6 Å². The molecule has 2 heterocycles. The van der Waals surface area contributed by atoms with Gasteiger partial charge in [0, 0.05) is 41.4 Å². The number of aryl methyl sites for hydroxylation is 2. The molecule has 1 amide bonds. The van der Waals surface area contributed by atoms with Crippen LogP contribution in [0.4, 0.5) is 0 Å². The van der Waals surface area contributed by atoms with Crippen molar-refractivity contribution in [3.8, 4) is 0 Å². The third-order valence-electron chi connectivity index (χ3n) is 6.73. The lowest BCUT2D eigenvalue weighted by molar-refractivity contribution is -0.0361. The summed E-state index contributed by atoms with van der Waals surface area (Å²) in [5.74, 6) is 1.60. The van der Waals surface area contributed by atoms with Crippen LogP contribution in [0, 0.1) is 13.8 Å². The number of benzene rings is 1. The van der Waals surface area contributed by atoms with Crippen LogP contribution in [-0.2, 0) is 10.5 Å². The molecule has 0 atom stereocenters. The lowest BCUT2D eigenvalue weighted by atomic mass is 9.79. The highest BCUT2D eigenvalue weighted by Crippen LogP contribution is 2.34. The molecule has 31 heavy (non-hydrogen) atoms. The SMILES string of the molecule is Cc1noc(C)c1CSc1ccccc1C(=O)NCC1(N2CCOCC2)CCCCC1. The maximum atomic E-state index is 13.2. The zero-order valence-electron chi connectivity index (χ0n) is 18.6. The number of ether oxygens (including phenoxy) is 1. The maximum Gasteiger partial charge on any atom is 0.252 e. The number of aromatic nitrogens is 1. The second-order valence-corrected chi connectivity index (χ2v) is 9.67. The topological polar surface area (TPSA) is 67.6 Å². The van der Waals surface area contributed by atoms with Crippen LogP contribution >= 0.6 is 11.8 Å². The van der Waals surface area contributed by atoms with Gasteiger partial charge in [0.25, 0.3) is 5.91 Å². The second-order valence-electron chi connectivity index (χ2n) is 8.65. The molecule has 6 nitrogen and oxygen atoms in total. The number of morpholine rings is 1. The molecule has 1 saturated carbocycles. The Morgan fingerprint density at radius 2 is 1.90 bits per heavy atom. The summed E-state index contributed by atoms with van der Waals surface area (Å²) in [7, 11) is 0. The summed E-state index contributed by atoms with van der Waals surface area (Å²) in [5.41, 5.74) is 2.83. The van der Waals surface area contributed by atoms with E-state index in [1.165, 1.54) is 19.3 Å². The predicted molar refractivity (Wildman–Crippen MR) is 123 cm³/mol. The number of nitrogens with zero attached hydrogens (tertiary/aromatic N) is 2. The van der Waals surface area contributed by atoms with Crippen molar-refractivity contribution in [3.63, 3.8) is 0 Å². The molecule has 0 spiro atoms. The van der Waals surface area contributed by atoms with E-state index in [-0.39, 0.29) is 11.4 Å². The largest absolute Gasteiger partial charge is 0.379 e.